The fraction of sp³-hybridized carbons (Fsp3) is 0.562. The number of carboxylic acid groups (broad SMARTS) is 1. The highest BCUT2D eigenvalue weighted by atomic mass is 35.5. The van der Waals surface area contributed by atoms with Crippen molar-refractivity contribution in [3.63, 3.8) is 0 Å². The van der Waals surface area contributed by atoms with E-state index < -0.39 is 5.97 Å². The molecule has 0 unspecified atom stereocenters. The lowest BCUT2D eigenvalue weighted by atomic mass is 10.1. The van der Waals surface area contributed by atoms with Crippen LogP contribution < -0.4 is 4.90 Å². The smallest absolute Gasteiger partial charge is 0.306 e. The van der Waals surface area contributed by atoms with E-state index in [1.807, 2.05) is 12.1 Å². The summed E-state index contributed by atoms with van der Waals surface area (Å²) in [5.41, 5.74) is 1.22. The second-order valence-electron chi connectivity index (χ2n) is 6.00. The number of halogens is 1. The van der Waals surface area contributed by atoms with Crippen LogP contribution in [0.15, 0.2) is 24.3 Å². The van der Waals surface area contributed by atoms with Crippen molar-refractivity contribution in [2.75, 3.05) is 31.1 Å². The molecule has 0 aromatic heterocycles. The third kappa shape index (κ3) is 3.33. The Morgan fingerprint density at radius 2 is 1.76 bits per heavy atom. The average molecular weight is 309 g/mol. The van der Waals surface area contributed by atoms with E-state index in [2.05, 4.69) is 21.9 Å². The Bertz CT molecular complexity index is 498. The zero-order valence-electron chi connectivity index (χ0n) is 12.0. The number of anilines is 1. The molecule has 1 aromatic carbocycles. The van der Waals surface area contributed by atoms with Crippen LogP contribution in [0.2, 0.25) is 5.02 Å². The molecule has 3 rings (SSSR count). The number of nitrogens with zero attached hydrogens (tertiary/aromatic N) is 2. The van der Waals surface area contributed by atoms with Gasteiger partial charge in [0.05, 0.1) is 5.92 Å². The summed E-state index contributed by atoms with van der Waals surface area (Å²) in [6.45, 7) is 4.02. The van der Waals surface area contributed by atoms with Crippen LogP contribution in [0.4, 0.5) is 5.69 Å². The molecule has 0 amide bonds. The Kier molecular flexibility index (Phi) is 4.36. The Balaban J connectivity index is 1.53. The summed E-state index contributed by atoms with van der Waals surface area (Å²) in [6, 6.07) is 8.44. The van der Waals surface area contributed by atoms with Gasteiger partial charge in [-0.1, -0.05) is 11.6 Å². The number of hydrogen-bond donors (Lipinski definition) is 1. The van der Waals surface area contributed by atoms with Gasteiger partial charge in [-0.2, -0.15) is 0 Å². The topological polar surface area (TPSA) is 43.8 Å². The third-order valence-electron chi connectivity index (χ3n) is 4.78. The Labute approximate surface area is 130 Å². The van der Waals surface area contributed by atoms with Gasteiger partial charge in [0.1, 0.15) is 0 Å². The van der Waals surface area contributed by atoms with Crippen LogP contribution in [-0.2, 0) is 4.79 Å². The van der Waals surface area contributed by atoms with Gasteiger partial charge >= 0.3 is 5.97 Å². The lowest BCUT2D eigenvalue weighted by molar-refractivity contribution is -0.141. The summed E-state index contributed by atoms with van der Waals surface area (Å²) in [6.07, 6.45) is 2.67. The average Bonchev–Trinajstić information content (AvgIpc) is 2.98. The first-order valence-corrected chi connectivity index (χ1v) is 7.98. The number of benzene rings is 1. The molecule has 0 bridgehead atoms. The van der Waals surface area contributed by atoms with Crippen molar-refractivity contribution in [3.8, 4) is 0 Å². The Hall–Kier alpha value is -1.26. The molecule has 1 aliphatic heterocycles. The summed E-state index contributed by atoms with van der Waals surface area (Å²) >= 11 is 5.92. The van der Waals surface area contributed by atoms with E-state index in [-0.39, 0.29) is 5.92 Å². The van der Waals surface area contributed by atoms with E-state index >= 15 is 0 Å². The van der Waals surface area contributed by atoms with Crippen molar-refractivity contribution < 1.29 is 9.90 Å². The molecule has 114 valence electrons. The fourth-order valence-corrected chi connectivity index (χ4v) is 3.64. The molecule has 5 heteroatoms. The van der Waals surface area contributed by atoms with Gasteiger partial charge in [-0.25, -0.2) is 0 Å². The molecule has 1 heterocycles. The van der Waals surface area contributed by atoms with Crippen molar-refractivity contribution in [1.82, 2.24) is 4.90 Å². The first-order chi connectivity index (χ1) is 10.1. The predicted molar refractivity (Wildman–Crippen MR) is 84.0 cm³/mol. The van der Waals surface area contributed by atoms with Crippen molar-refractivity contribution in [1.29, 1.82) is 0 Å². The highest BCUT2D eigenvalue weighted by Crippen LogP contribution is 2.30. The van der Waals surface area contributed by atoms with E-state index in [4.69, 9.17) is 16.7 Å². The molecule has 0 spiro atoms. The quantitative estimate of drug-likeness (QED) is 0.932. The molecule has 4 nitrogen and oxygen atoms in total. The second-order valence-corrected chi connectivity index (χ2v) is 6.44. The summed E-state index contributed by atoms with van der Waals surface area (Å²) < 4.78 is 0. The third-order valence-corrected chi connectivity index (χ3v) is 5.03. The zero-order chi connectivity index (χ0) is 14.8. The molecule has 2 atom stereocenters. The number of hydrogen-bond acceptors (Lipinski definition) is 3. The van der Waals surface area contributed by atoms with Crippen LogP contribution >= 0.6 is 11.6 Å². The van der Waals surface area contributed by atoms with Crippen LogP contribution in [-0.4, -0.2) is 48.2 Å². The van der Waals surface area contributed by atoms with E-state index in [0.717, 1.165) is 50.5 Å². The molecule has 1 saturated heterocycles. The van der Waals surface area contributed by atoms with Crippen molar-refractivity contribution >= 4 is 23.3 Å². The standard InChI is InChI=1S/C16H21ClN2O2/c17-13-2-5-14(6-3-13)18-7-9-19(10-8-18)15-4-1-12(11-15)16(20)21/h2-3,5-6,12,15H,1,4,7-11H2,(H,20,21)/t12-,15+/m1/s1. The van der Waals surface area contributed by atoms with Gasteiger partial charge < -0.3 is 10.0 Å². The minimum atomic E-state index is -0.627. The number of rotatable bonds is 3. The molecule has 1 aromatic rings. The first-order valence-electron chi connectivity index (χ1n) is 7.61. The SMILES string of the molecule is O=C(O)[C@@H]1CC[C@H](N2CCN(c3ccc(Cl)cc3)CC2)C1. The highest BCUT2D eigenvalue weighted by molar-refractivity contribution is 6.30. The summed E-state index contributed by atoms with van der Waals surface area (Å²) in [7, 11) is 0. The molecule has 2 aliphatic rings. The van der Waals surface area contributed by atoms with Gasteiger partial charge in [0.2, 0.25) is 0 Å². The molecule has 1 N–H and O–H groups in total. The number of carbonyl (C=O) groups is 1. The van der Waals surface area contributed by atoms with Gasteiger partial charge in [0.25, 0.3) is 0 Å². The Morgan fingerprint density at radius 1 is 1.10 bits per heavy atom. The van der Waals surface area contributed by atoms with E-state index in [1.165, 1.54) is 5.69 Å². The van der Waals surface area contributed by atoms with Crippen LogP contribution in [0.1, 0.15) is 19.3 Å². The Morgan fingerprint density at radius 3 is 2.33 bits per heavy atom. The van der Waals surface area contributed by atoms with Gasteiger partial charge in [0.15, 0.2) is 0 Å². The van der Waals surface area contributed by atoms with Crippen molar-refractivity contribution in [2.24, 2.45) is 5.92 Å². The van der Waals surface area contributed by atoms with E-state index in [0.29, 0.717) is 6.04 Å². The van der Waals surface area contributed by atoms with E-state index in [9.17, 15) is 4.79 Å². The van der Waals surface area contributed by atoms with Crippen molar-refractivity contribution in [3.05, 3.63) is 29.3 Å². The molecule has 1 saturated carbocycles. The normalized spacial score (nSPS) is 27.0. The second kappa shape index (κ2) is 6.24. The maximum Gasteiger partial charge on any atom is 0.306 e. The first kappa shape index (κ1) is 14.7. The van der Waals surface area contributed by atoms with Gasteiger partial charge in [0, 0.05) is 42.9 Å². The lowest BCUT2D eigenvalue weighted by Crippen LogP contribution is -2.49. The molecule has 0 radical (unpaired) electrons. The summed E-state index contributed by atoms with van der Waals surface area (Å²) in [5.74, 6) is -0.762. The van der Waals surface area contributed by atoms with Crippen LogP contribution in [0.25, 0.3) is 0 Å². The molecule has 2 fully saturated rings. The summed E-state index contributed by atoms with van der Waals surface area (Å²) in [4.78, 5) is 15.9. The lowest BCUT2D eigenvalue weighted by Gasteiger charge is -2.39. The minimum Gasteiger partial charge on any atom is -0.481 e. The zero-order valence-corrected chi connectivity index (χ0v) is 12.8. The van der Waals surface area contributed by atoms with Crippen LogP contribution in [0, 0.1) is 5.92 Å². The van der Waals surface area contributed by atoms with Crippen LogP contribution in [0.3, 0.4) is 0 Å². The minimum absolute atomic E-state index is 0.135. The highest BCUT2D eigenvalue weighted by Gasteiger charge is 2.34. The number of carboxylic acids is 1. The van der Waals surface area contributed by atoms with E-state index in [1.54, 1.807) is 0 Å². The maximum absolute atomic E-state index is 11.1. The van der Waals surface area contributed by atoms with Crippen molar-refractivity contribution in [2.45, 2.75) is 25.3 Å². The fourth-order valence-electron chi connectivity index (χ4n) is 3.51. The maximum atomic E-state index is 11.1. The number of piperazine rings is 1. The molecular formula is C16H21ClN2O2. The molecule has 1 aliphatic carbocycles. The van der Waals surface area contributed by atoms with Gasteiger partial charge in [-0.3, -0.25) is 9.69 Å². The van der Waals surface area contributed by atoms with Gasteiger partial charge in [-0.15, -0.1) is 0 Å². The molecule has 21 heavy (non-hydrogen) atoms. The predicted octanol–water partition coefficient (Wildman–Crippen LogP) is 2.72. The van der Waals surface area contributed by atoms with Crippen LogP contribution in [0.5, 0.6) is 0 Å². The number of aliphatic carboxylic acids is 1. The monoisotopic (exact) mass is 308 g/mol. The largest absolute Gasteiger partial charge is 0.481 e. The summed E-state index contributed by atoms with van der Waals surface area (Å²) in [5, 5.41) is 9.87. The molecular weight excluding hydrogens is 288 g/mol. The van der Waals surface area contributed by atoms with Gasteiger partial charge in [-0.05, 0) is 43.5 Å².